The highest BCUT2D eigenvalue weighted by atomic mass is 16.2. The van der Waals surface area contributed by atoms with Gasteiger partial charge in [0.2, 0.25) is 5.91 Å². The predicted octanol–water partition coefficient (Wildman–Crippen LogP) is 1.08. The van der Waals surface area contributed by atoms with E-state index in [1.165, 1.54) is 0 Å². The SMILES string of the molecule is CN(C)CCN1C(=O)CC[C@@]12CCCN(C(=O)N(C)C)CC2. The molecule has 2 heterocycles. The quantitative estimate of drug-likeness (QED) is 0.783. The van der Waals surface area contributed by atoms with Crippen LogP contribution in [0.25, 0.3) is 0 Å². The van der Waals surface area contributed by atoms with Crippen LogP contribution in [-0.4, -0.2) is 91.4 Å². The minimum absolute atomic E-state index is 0.0194. The number of carbonyl (C=O) groups excluding carboxylic acids is 2. The molecule has 6 nitrogen and oxygen atoms in total. The number of nitrogens with zero attached hydrogens (tertiary/aromatic N) is 4. The molecule has 1 spiro atoms. The number of likely N-dealkylation sites (tertiary alicyclic amines) is 2. The number of carbonyl (C=O) groups is 2. The molecule has 0 N–H and O–H groups in total. The Bertz CT molecular complexity index is 424. The number of amides is 3. The normalized spacial score (nSPS) is 26.0. The average molecular weight is 310 g/mol. The summed E-state index contributed by atoms with van der Waals surface area (Å²) in [6.45, 7) is 3.25. The van der Waals surface area contributed by atoms with Gasteiger partial charge in [-0.05, 0) is 39.8 Å². The Morgan fingerprint density at radius 1 is 1.14 bits per heavy atom. The van der Waals surface area contributed by atoms with Gasteiger partial charge in [-0.1, -0.05) is 0 Å². The summed E-state index contributed by atoms with van der Waals surface area (Å²) in [6.07, 6.45) is 4.51. The van der Waals surface area contributed by atoms with Gasteiger partial charge in [0, 0.05) is 52.2 Å². The molecule has 2 rings (SSSR count). The molecule has 2 saturated heterocycles. The average Bonchev–Trinajstić information content (AvgIpc) is 2.63. The lowest BCUT2D eigenvalue weighted by molar-refractivity contribution is -0.131. The van der Waals surface area contributed by atoms with Gasteiger partial charge in [0.05, 0.1) is 0 Å². The Morgan fingerprint density at radius 2 is 1.86 bits per heavy atom. The van der Waals surface area contributed by atoms with E-state index in [1.807, 2.05) is 19.0 Å². The molecular weight excluding hydrogens is 280 g/mol. The summed E-state index contributed by atoms with van der Waals surface area (Å²) in [5, 5.41) is 0. The molecule has 0 aromatic carbocycles. The minimum atomic E-state index is -0.0194. The maximum Gasteiger partial charge on any atom is 0.319 e. The van der Waals surface area contributed by atoms with Gasteiger partial charge in [0.15, 0.2) is 0 Å². The van der Waals surface area contributed by atoms with Crippen LogP contribution in [0.5, 0.6) is 0 Å². The third-order valence-electron chi connectivity index (χ3n) is 5.02. The monoisotopic (exact) mass is 310 g/mol. The standard InChI is InChI=1S/C16H30N4O2/c1-17(2)12-13-20-14(21)6-8-16(20)7-5-10-19(11-9-16)15(22)18(3)4/h5-13H2,1-4H3/t16-/m1/s1. The van der Waals surface area contributed by atoms with Crippen molar-refractivity contribution >= 4 is 11.9 Å². The van der Waals surface area contributed by atoms with E-state index in [1.54, 1.807) is 19.0 Å². The van der Waals surface area contributed by atoms with Crippen molar-refractivity contribution in [2.75, 3.05) is 54.4 Å². The number of hydrogen-bond acceptors (Lipinski definition) is 3. The Balaban J connectivity index is 2.06. The lowest BCUT2D eigenvalue weighted by Crippen LogP contribution is -2.49. The van der Waals surface area contributed by atoms with Crippen LogP contribution in [0.4, 0.5) is 4.79 Å². The molecule has 2 aliphatic rings. The van der Waals surface area contributed by atoms with Gasteiger partial charge < -0.3 is 19.6 Å². The van der Waals surface area contributed by atoms with E-state index in [-0.39, 0.29) is 17.5 Å². The first-order valence-corrected chi connectivity index (χ1v) is 8.27. The summed E-state index contributed by atoms with van der Waals surface area (Å²) in [6, 6.07) is 0.0845. The highest BCUT2D eigenvalue weighted by molar-refractivity contribution is 5.80. The molecule has 0 aromatic heterocycles. The summed E-state index contributed by atoms with van der Waals surface area (Å²) in [4.78, 5) is 32.3. The molecule has 2 aliphatic heterocycles. The third kappa shape index (κ3) is 3.54. The van der Waals surface area contributed by atoms with Crippen LogP contribution in [0, 0.1) is 0 Å². The second-order valence-corrected chi connectivity index (χ2v) is 7.09. The maximum absolute atomic E-state index is 12.3. The summed E-state index contributed by atoms with van der Waals surface area (Å²) < 4.78 is 0. The number of rotatable bonds is 3. The molecule has 0 aliphatic carbocycles. The minimum Gasteiger partial charge on any atom is -0.336 e. The summed E-state index contributed by atoms with van der Waals surface area (Å²) in [5.41, 5.74) is -0.0194. The van der Waals surface area contributed by atoms with Crippen molar-refractivity contribution in [1.82, 2.24) is 19.6 Å². The second-order valence-electron chi connectivity index (χ2n) is 7.09. The van der Waals surface area contributed by atoms with E-state index in [0.717, 1.165) is 51.9 Å². The van der Waals surface area contributed by atoms with Gasteiger partial charge in [-0.15, -0.1) is 0 Å². The van der Waals surface area contributed by atoms with E-state index in [9.17, 15) is 9.59 Å². The third-order valence-corrected chi connectivity index (χ3v) is 5.02. The largest absolute Gasteiger partial charge is 0.336 e. The maximum atomic E-state index is 12.3. The number of urea groups is 1. The topological polar surface area (TPSA) is 47.1 Å². The summed E-state index contributed by atoms with van der Waals surface area (Å²) in [5.74, 6) is 0.286. The number of likely N-dealkylation sites (N-methyl/N-ethyl adjacent to an activating group) is 1. The Kier molecular flexibility index (Phi) is 5.32. The van der Waals surface area contributed by atoms with Gasteiger partial charge in [-0.25, -0.2) is 4.79 Å². The molecular formula is C16H30N4O2. The molecule has 3 amide bonds. The van der Waals surface area contributed by atoms with Crippen molar-refractivity contribution in [3.63, 3.8) is 0 Å². The highest BCUT2D eigenvalue weighted by Crippen LogP contribution is 2.39. The molecule has 126 valence electrons. The molecule has 1 atom stereocenters. The van der Waals surface area contributed by atoms with Crippen molar-refractivity contribution in [2.45, 2.75) is 37.6 Å². The lowest BCUT2D eigenvalue weighted by atomic mass is 9.87. The van der Waals surface area contributed by atoms with Gasteiger partial charge in [0.25, 0.3) is 0 Å². The van der Waals surface area contributed by atoms with Crippen LogP contribution < -0.4 is 0 Å². The van der Waals surface area contributed by atoms with Crippen molar-refractivity contribution < 1.29 is 9.59 Å². The van der Waals surface area contributed by atoms with E-state index in [0.29, 0.717) is 6.42 Å². The first kappa shape index (κ1) is 17.1. The lowest BCUT2D eigenvalue weighted by Gasteiger charge is -2.38. The van der Waals surface area contributed by atoms with Crippen molar-refractivity contribution in [1.29, 1.82) is 0 Å². The Hall–Kier alpha value is -1.30. The zero-order chi connectivity index (χ0) is 16.3. The molecule has 6 heteroatoms. The van der Waals surface area contributed by atoms with Crippen molar-refractivity contribution in [3.05, 3.63) is 0 Å². The zero-order valence-corrected chi connectivity index (χ0v) is 14.5. The van der Waals surface area contributed by atoms with E-state index in [2.05, 4.69) is 9.80 Å². The van der Waals surface area contributed by atoms with Gasteiger partial charge >= 0.3 is 6.03 Å². The van der Waals surface area contributed by atoms with Crippen LogP contribution >= 0.6 is 0 Å². The fraction of sp³-hybridized carbons (Fsp3) is 0.875. The highest BCUT2D eigenvalue weighted by Gasteiger charge is 2.45. The number of hydrogen-bond donors (Lipinski definition) is 0. The van der Waals surface area contributed by atoms with Crippen LogP contribution in [0.3, 0.4) is 0 Å². The molecule has 2 fully saturated rings. The van der Waals surface area contributed by atoms with Crippen molar-refractivity contribution in [3.8, 4) is 0 Å². The molecule has 0 unspecified atom stereocenters. The van der Waals surface area contributed by atoms with E-state index in [4.69, 9.17) is 0 Å². The van der Waals surface area contributed by atoms with Crippen LogP contribution in [0.2, 0.25) is 0 Å². The molecule has 0 saturated carbocycles. The summed E-state index contributed by atoms with van der Waals surface area (Å²) >= 11 is 0. The van der Waals surface area contributed by atoms with Crippen LogP contribution in [-0.2, 0) is 4.79 Å². The smallest absolute Gasteiger partial charge is 0.319 e. The van der Waals surface area contributed by atoms with Crippen LogP contribution in [0.15, 0.2) is 0 Å². The fourth-order valence-corrected chi connectivity index (χ4v) is 3.71. The zero-order valence-electron chi connectivity index (χ0n) is 14.5. The first-order chi connectivity index (χ1) is 10.4. The fourth-order valence-electron chi connectivity index (χ4n) is 3.71. The first-order valence-electron chi connectivity index (χ1n) is 8.27. The Labute approximate surface area is 134 Å². The Morgan fingerprint density at radius 3 is 2.50 bits per heavy atom. The van der Waals surface area contributed by atoms with Crippen molar-refractivity contribution in [2.24, 2.45) is 0 Å². The molecule has 0 bridgehead atoms. The van der Waals surface area contributed by atoms with E-state index >= 15 is 0 Å². The summed E-state index contributed by atoms with van der Waals surface area (Å²) in [7, 11) is 7.67. The molecule has 0 radical (unpaired) electrons. The van der Waals surface area contributed by atoms with Gasteiger partial charge in [0.1, 0.15) is 0 Å². The second kappa shape index (κ2) is 6.86. The van der Waals surface area contributed by atoms with Crippen LogP contribution in [0.1, 0.15) is 32.1 Å². The molecule has 22 heavy (non-hydrogen) atoms. The van der Waals surface area contributed by atoms with E-state index < -0.39 is 0 Å². The van der Waals surface area contributed by atoms with Gasteiger partial charge in [-0.2, -0.15) is 0 Å². The molecule has 0 aromatic rings. The predicted molar refractivity (Wildman–Crippen MR) is 86.7 cm³/mol. The van der Waals surface area contributed by atoms with Gasteiger partial charge in [-0.3, -0.25) is 4.79 Å².